The molecule has 0 unspecified atom stereocenters. The Morgan fingerprint density at radius 3 is 2.14 bits per heavy atom. The summed E-state index contributed by atoms with van der Waals surface area (Å²) in [5.41, 5.74) is 1.70. The van der Waals surface area contributed by atoms with Crippen molar-refractivity contribution in [3.8, 4) is 5.75 Å². The molecule has 0 aromatic heterocycles. The van der Waals surface area contributed by atoms with Crippen LogP contribution in [0.2, 0.25) is 0 Å². The second-order valence-corrected chi connectivity index (χ2v) is 4.69. The van der Waals surface area contributed by atoms with Gasteiger partial charge in [0.05, 0.1) is 5.56 Å². The number of aromatic hydroxyl groups is 1. The molecule has 5 nitrogen and oxygen atoms in total. The van der Waals surface area contributed by atoms with E-state index in [0.29, 0.717) is 23.1 Å². The van der Waals surface area contributed by atoms with Crippen molar-refractivity contribution in [2.75, 3.05) is 0 Å². The molecule has 0 fully saturated rings. The van der Waals surface area contributed by atoms with Crippen molar-refractivity contribution in [1.29, 1.82) is 10.8 Å². The van der Waals surface area contributed by atoms with E-state index in [4.69, 9.17) is 10.8 Å². The number of allylic oxidation sites excluding steroid dienone is 1. The minimum Gasteiger partial charge on any atom is -0.507 e. The maximum absolute atomic E-state index is 12.5. The highest BCUT2D eigenvalue weighted by atomic mass is 16.3. The molecule has 0 aliphatic heterocycles. The van der Waals surface area contributed by atoms with Crippen LogP contribution in [0.15, 0.2) is 49.1 Å². The number of rotatable bonds is 2. The van der Waals surface area contributed by atoms with Crippen LogP contribution in [0.25, 0.3) is 0 Å². The minimum absolute atomic E-state index is 0.105. The third-order valence-corrected chi connectivity index (χ3v) is 3.51. The third kappa shape index (κ3) is 2.17. The Labute approximate surface area is 126 Å². The van der Waals surface area contributed by atoms with Gasteiger partial charge in [-0.3, -0.25) is 9.59 Å². The van der Waals surface area contributed by atoms with Crippen molar-refractivity contribution in [2.45, 2.75) is 6.42 Å². The Kier molecular flexibility index (Phi) is 4.14. The van der Waals surface area contributed by atoms with E-state index in [2.05, 4.69) is 6.58 Å². The lowest BCUT2D eigenvalue weighted by molar-refractivity contribution is 0.0976. The Hall–Kier alpha value is -3.26. The number of nitrogens with zero attached hydrogens (tertiary/aromatic N) is 2. The van der Waals surface area contributed by atoms with Crippen LogP contribution in [-0.2, 0) is 6.42 Å². The van der Waals surface area contributed by atoms with Gasteiger partial charge in [0, 0.05) is 27.5 Å². The molecule has 5 heteroatoms. The number of carbonyl (C=O) groups is 2. The summed E-state index contributed by atoms with van der Waals surface area (Å²) in [6.07, 6.45) is 2.09. The van der Waals surface area contributed by atoms with Crippen LogP contribution >= 0.6 is 0 Å². The van der Waals surface area contributed by atoms with Gasteiger partial charge in [-0.25, -0.2) is 0 Å². The molecule has 0 amide bonds. The zero-order chi connectivity index (χ0) is 16.3. The molecular formula is C17H12N2O3. The first-order valence-corrected chi connectivity index (χ1v) is 6.49. The average molecular weight is 292 g/mol. The Morgan fingerprint density at radius 1 is 0.955 bits per heavy atom. The Balaban J connectivity index is 0.000000847. The molecule has 2 aromatic carbocycles. The van der Waals surface area contributed by atoms with Gasteiger partial charge in [0.1, 0.15) is 5.75 Å². The molecule has 0 radical (unpaired) electrons. The van der Waals surface area contributed by atoms with Crippen molar-refractivity contribution in [1.82, 2.24) is 0 Å². The van der Waals surface area contributed by atoms with E-state index in [0.717, 1.165) is 0 Å². The van der Waals surface area contributed by atoms with Gasteiger partial charge < -0.3 is 5.11 Å². The van der Waals surface area contributed by atoms with Gasteiger partial charge in [-0.05, 0) is 18.1 Å². The Bertz CT molecular complexity index is 807. The van der Waals surface area contributed by atoms with E-state index in [9.17, 15) is 14.7 Å². The van der Waals surface area contributed by atoms with Crippen LogP contribution in [0.3, 0.4) is 0 Å². The van der Waals surface area contributed by atoms with Gasteiger partial charge >= 0.3 is 0 Å². The van der Waals surface area contributed by atoms with Crippen molar-refractivity contribution < 1.29 is 14.7 Å². The lowest BCUT2D eigenvalue weighted by Crippen LogP contribution is -2.21. The molecule has 3 rings (SSSR count). The highest BCUT2D eigenvalue weighted by Crippen LogP contribution is 2.35. The predicted octanol–water partition coefficient (Wildman–Crippen LogP) is 2.93. The number of fused-ring (bicyclic) bond motifs is 2. The highest BCUT2D eigenvalue weighted by Gasteiger charge is 2.32. The molecule has 1 aliphatic rings. The van der Waals surface area contributed by atoms with Crippen LogP contribution in [0.5, 0.6) is 5.75 Å². The summed E-state index contributed by atoms with van der Waals surface area (Å²) in [5.74, 6) is -0.649. The maximum atomic E-state index is 12.5. The van der Waals surface area contributed by atoms with Crippen molar-refractivity contribution in [3.05, 3.63) is 76.9 Å². The summed E-state index contributed by atoms with van der Waals surface area (Å²) >= 11 is 0. The summed E-state index contributed by atoms with van der Waals surface area (Å²) in [5, 5.41) is 22.3. The van der Waals surface area contributed by atoms with Crippen LogP contribution in [0.4, 0.5) is 0 Å². The lowest BCUT2D eigenvalue weighted by atomic mass is 9.82. The van der Waals surface area contributed by atoms with Crippen molar-refractivity contribution in [2.24, 2.45) is 0 Å². The van der Waals surface area contributed by atoms with Gasteiger partial charge in [-0.1, -0.05) is 36.4 Å². The molecule has 0 atom stereocenters. The second-order valence-electron chi connectivity index (χ2n) is 4.69. The molecule has 1 aliphatic carbocycles. The first kappa shape index (κ1) is 15.1. The molecular weight excluding hydrogens is 280 g/mol. The fraction of sp³-hybridized carbons (Fsp3) is 0.0588. The van der Waals surface area contributed by atoms with Gasteiger partial charge in [-0.15, -0.1) is 6.58 Å². The molecule has 1 N–H and O–H groups in total. The molecule has 2 aromatic rings. The maximum Gasteiger partial charge on any atom is 0.198 e. The van der Waals surface area contributed by atoms with E-state index in [1.54, 1.807) is 42.5 Å². The first-order chi connectivity index (χ1) is 10.6. The lowest BCUT2D eigenvalue weighted by Gasteiger charge is -2.19. The van der Waals surface area contributed by atoms with Crippen molar-refractivity contribution in [3.63, 3.8) is 0 Å². The largest absolute Gasteiger partial charge is 0.507 e. The molecule has 0 spiro atoms. The van der Waals surface area contributed by atoms with Gasteiger partial charge in [0.2, 0.25) is 0 Å². The SMILES string of the molecule is C=CCc1ccc2c(c1O)C(=O)c1ccccc1C2=O.N#N. The van der Waals surface area contributed by atoms with E-state index in [-0.39, 0.29) is 28.4 Å². The minimum atomic E-state index is -0.307. The fourth-order valence-electron chi connectivity index (χ4n) is 2.53. The topological polar surface area (TPSA) is 102 Å². The summed E-state index contributed by atoms with van der Waals surface area (Å²) in [6, 6.07) is 9.94. The number of phenols is 1. The molecule has 0 saturated carbocycles. The number of ketones is 2. The number of carbonyl (C=O) groups excluding carboxylic acids is 2. The van der Waals surface area contributed by atoms with E-state index in [1.165, 1.54) is 0 Å². The third-order valence-electron chi connectivity index (χ3n) is 3.51. The summed E-state index contributed by atoms with van der Waals surface area (Å²) in [6.45, 7) is 3.62. The number of benzene rings is 2. The Morgan fingerprint density at radius 2 is 1.55 bits per heavy atom. The van der Waals surface area contributed by atoms with Crippen LogP contribution in [-0.4, -0.2) is 16.7 Å². The zero-order valence-electron chi connectivity index (χ0n) is 11.6. The molecule has 22 heavy (non-hydrogen) atoms. The molecule has 0 bridgehead atoms. The predicted molar refractivity (Wildman–Crippen MR) is 78.8 cm³/mol. The normalized spacial score (nSPS) is 11.7. The molecule has 0 heterocycles. The zero-order valence-corrected chi connectivity index (χ0v) is 11.6. The van der Waals surface area contributed by atoms with Crippen molar-refractivity contribution >= 4 is 11.6 Å². The molecule has 108 valence electrons. The van der Waals surface area contributed by atoms with Crippen LogP contribution < -0.4 is 0 Å². The fourth-order valence-corrected chi connectivity index (χ4v) is 2.53. The van der Waals surface area contributed by atoms with Crippen LogP contribution in [0.1, 0.15) is 37.4 Å². The average Bonchev–Trinajstić information content (AvgIpc) is 2.56. The van der Waals surface area contributed by atoms with E-state index < -0.39 is 0 Å². The standard InChI is InChI=1S/C17H12O3.N2/c1-2-5-10-8-9-13-14(15(10)18)17(20)12-7-4-3-6-11(12)16(13)19;1-2/h2-4,6-9,18H,1,5H2;. The molecule has 0 saturated heterocycles. The highest BCUT2D eigenvalue weighted by molar-refractivity contribution is 6.29. The monoisotopic (exact) mass is 292 g/mol. The van der Waals surface area contributed by atoms with Gasteiger partial charge in [0.15, 0.2) is 11.6 Å². The summed E-state index contributed by atoms with van der Waals surface area (Å²) in [4.78, 5) is 24.9. The van der Waals surface area contributed by atoms with Gasteiger partial charge in [0.25, 0.3) is 0 Å². The summed E-state index contributed by atoms with van der Waals surface area (Å²) < 4.78 is 0. The van der Waals surface area contributed by atoms with E-state index in [1.807, 2.05) is 0 Å². The quantitative estimate of drug-likeness (QED) is 0.578. The smallest absolute Gasteiger partial charge is 0.198 e. The summed E-state index contributed by atoms with van der Waals surface area (Å²) in [7, 11) is 0. The number of hydrogen-bond donors (Lipinski definition) is 1. The second kappa shape index (κ2) is 6.02. The van der Waals surface area contributed by atoms with Gasteiger partial charge in [-0.2, -0.15) is 0 Å². The van der Waals surface area contributed by atoms with E-state index >= 15 is 0 Å². The van der Waals surface area contributed by atoms with Crippen LogP contribution in [0, 0.1) is 10.8 Å². The first-order valence-electron chi connectivity index (χ1n) is 6.49. The number of phenolic OH excluding ortho intramolecular Hbond substituents is 1. The number of hydrogen-bond acceptors (Lipinski definition) is 5.